The highest BCUT2D eigenvalue weighted by molar-refractivity contribution is 7.92. The van der Waals surface area contributed by atoms with E-state index < -0.39 is 10.0 Å². The third-order valence-corrected chi connectivity index (χ3v) is 6.95. The van der Waals surface area contributed by atoms with E-state index in [0.29, 0.717) is 11.4 Å². The molecule has 0 aliphatic carbocycles. The molecule has 3 aromatic carbocycles. The standard InChI is InChI=1S/C24H26N2O4S/c1-18-8-14-23(15-9-18)31(28,29)26(3)20-12-10-19(11-13-20)16-24(27)25(2)21-6-5-7-22(17-21)30-4/h5-15,17H,16H2,1-4H3. The van der Waals surface area contributed by atoms with Crippen LogP contribution in [0.2, 0.25) is 0 Å². The summed E-state index contributed by atoms with van der Waals surface area (Å²) in [5.41, 5.74) is 3.06. The lowest BCUT2D eigenvalue weighted by Gasteiger charge is -2.20. The third kappa shape index (κ3) is 5.06. The maximum Gasteiger partial charge on any atom is 0.264 e. The summed E-state index contributed by atoms with van der Waals surface area (Å²) in [6.07, 6.45) is 0.197. The Kier molecular flexibility index (Phi) is 6.65. The van der Waals surface area contributed by atoms with Crippen LogP contribution >= 0.6 is 0 Å². The number of amides is 1. The first-order valence-corrected chi connectivity index (χ1v) is 11.2. The van der Waals surface area contributed by atoms with Crippen molar-refractivity contribution in [3.8, 4) is 5.75 Å². The Morgan fingerprint density at radius 3 is 2.16 bits per heavy atom. The lowest BCUT2D eigenvalue weighted by Crippen LogP contribution is -2.28. The van der Waals surface area contributed by atoms with Gasteiger partial charge in [-0.15, -0.1) is 0 Å². The van der Waals surface area contributed by atoms with E-state index in [2.05, 4.69) is 0 Å². The van der Waals surface area contributed by atoms with Crippen LogP contribution in [0, 0.1) is 6.92 Å². The summed E-state index contributed by atoms with van der Waals surface area (Å²) in [4.78, 5) is 14.5. The summed E-state index contributed by atoms with van der Waals surface area (Å²) in [6.45, 7) is 1.91. The van der Waals surface area contributed by atoms with Gasteiger partial charge in [-0.05, 0) is 48.9 Å². The van der Waals surface area contributed by atoms with Crippen molar-refractivity contribution in [2.45, 2.75) is 18.2 Å². The van der Waals surface area contributed by atoms with Crippen LogP contribution in [0.15, 0.2) is 77.7 Å². The predicted molar refractivity (Wildman–Crippen MR) is 123 cm³/mol. The molecule has 0 spiro atoms. The van der Waals surface area contributed by atoms with Crippen molar-refractivity contribution in [3.05, 3.63) is 83.9 Å². The van der Waals surface area contributed by atoms with Crippen molar-refractivity contribution in [2.75, 3.05) is 30.4 Å². The number of benzene rings is 3. The van der Waals surface area contributed by atoms with Crippen LogP contribution < -0.4 is 13.9 Å². The molecular formula is C24H26N2O4S. The van der Waals surface area contributed by atoms with Crippen LogP contribution in [0.5, 0.6) is 5.75 Å². The molecule has 3 rings (SSSR count). The Morgan fingerprint density at radius 2 is 1.55 bits per heavy atom. The smallest absolute Gasteiger partial charge is 0.264 e. The zero-order valence-corrected chi connectivity index (χ0v) is 18.9. The molecule has 0 bridgehead atoms. The van der Waals surface area contributed by atoms with Gasteiger partial charge >= 0.3 is 0 Å². The quantitative estimate of drug-likeness (QED) is 0.559. The zero-order valence-electron chi connectivity index (χ0n) is 18.1. The molecule has 0 aliphatic heterocycles. The number of hydrogen-bond acceptors (Lipinski definition) is 4. The van der Waals surface area contributed by atoms with Gasteiger partial charge in [0.25, 0.3) is 10.0 Å². The molecule has 0 atom stereocenters. The van der Waals surface area contributed by atoms with Gasteiger partial charge in [0.1, 0.15) is 5.75 Å². The first-order valence-electron chi connectivity index (χ1n) is 9.77. The maximum absolute atomic E-state index is 12.9. The van der Waals surface area contributed by atoms with Crippen molar-refractivity contribution < 1.29 is 17.9 Å². The number of nitrogens with zero attached hydrogens (tertiary/aromatic N) is 2. The van der Waals surface area contributed by atoms with Crippen LogP contribution in [0.3, 0.4) is 0 Å². The topological polar surface area (TPSA) is 66.9 Å². The van der Waals surface area contributed by atoms with Crippen molar-refractivity contribution in [1.29, 1.82) is 0 Å². The molecule has 0 radical (unpaired) electrons. The van der Waals surface area contributed by atoms with Gasteiger partial charge in [-0.2, -0.15) is 0 Å². The molecule has 0 unspecified atom stereocenters. The SMILES string of the molecule is COc1cccc(N(C)C(=O)Cc2ccc(N(C)S(=O)(=O)c3ccc(C)cc3)cc2)c1. The number of ether oxygens (including phenoxy) is 1. The zero-order chi connectivity index (χ0) is 22.6. The van der Waals surface area contributed by atoms with E-state index in [0.717, 1.165) is 16.8 Å². The second-order valence-corrected chi connectivity index (χ2v) is 9.25. The molecule has 3 aromatic rings. The Hall–Kier alpha value is -3.32. The number of carbonyl (C=O) groups excluding carboxylic acids is 1. The van der Waals surface area contributed by atoms with Crippen LogP contribution in [-0.2, 0) is 21.2 Å². The van der Waals surface area contributed by atoms with Gasteiger partial charge in [-0.1, -0.05) is 35.9 Å². The summed E-state index contributed by atoms with van der Waals surface area (Å²) in [6, 6.07) is 21.0. The first-order chi connectivity index (χ1) is 14.7. The summed E-state index contributed by atoms with van der Waals surface area (Å²) in [7, 11) is 1.16. The maximum atomic E-state index is 12.9. The number of methoxy groups -OCH3 is 1. The number of sulfonamides is 1. The minimum absolute atomic E-state index is 0.0818. The molecule has 0 aliphatic rings. The van der Waals surface area contributed by atoms with Gasteiger partial charge in [-0.25, -0.2) is 8.42 Å². The van der Waals surface area contributed by atoms with E-state index in [1.54, 1.807) is 73.7 Å². The van der Waals surface area contributed by atoms with Gasteiger partial charge < -0.3 is 9.64 Å². The Morgan fingerprint density at radius 1 is 0.903 bits per heavy atom. The molecule has 31 heavy (non-hydrogen) atoms. The van der Waals surface area contributed by atoms with E-state index in [-0.39, 0.29) is 17.2 Å². The highest BCUT2D eigenvalue weighted by Gasteiger charge is 2.21. The average Bonchev–Trinajstić information content (AvgIpc) is 2.78. The van der Waals surface area contributed by atoms with Crippen molar-refractivity contribution in [1.82, 2.24) is 0 Å². The predicted octanol–water partition coefficient (Wildman–Crippen LogP) is 4.03. The van der Waals surface area contributed by atoms with E-state index in [4.69, 9.17) is 4.74 Å². The number of anilines is 2. The van der Waals surface area contributed by atoms with Crippen molar-refractivity contribution in [2.24, 2.45) is 0 Å². The van der Waals surface area contributed by atoms with E-state index in [1.807, 2.05) is 25.1 Å². The second-order valence-electron chi connectivity index (χ2n) is 7.28. The molecule has 0 aromatic heterocycles. The fourth-order valence-electron chi connectivity index (χ4n) is 3.09. The van der Waals surface area contributed by atoms with Gasteiger partial charge in [0, 0.05) is 25.8 Å². The van der Waals surface area contributed by atoms with Crippen LogP contribution in [0.25, 0.3) is 0 Å². The lowest BCUT2D eigenvalue weighted by atomic mass is 10.1. The van der Waals surface area contributed by atoms with E-state index >= 15 is 0 Å². The number of rotatable bonds is 7. The molecule has 0 N–H and O–H groups in total. The van der Waals surface area contributed by atoms with E-state index in [1.165, 1.54) is 11.4 Å². The lowest BCUT2D eigenvalue weighted by molar-refractivity contribution is -0.117. The molecule has 6 nitrogen and oxygen atoms in total. The first kappa shape index (κ1) is 22.4. The molecule has 0 saturated heterocycles. The summed E-state index contributed by atoms with van der Waals surface area (Å²) >= 11 is 0. The van der Waals surface area contributed by atoms with Crippen LogP contribution in [-0.4, -0.2) is 35.5 Å². The largest absolute Gasteiger partial charge is 0.497 e. The molecule has 0 saturated carbocycles. The minimum atomic E-state index is -3.65. The van der Waals surface area contributed by atoms with Gasteiger partial charge in [0.15, 0.2) is 0 Å². The second kappa shape index (κ2) is 9.22. The molecule has 1 amide bonds. The van der Waals surface area contributed by atoms with Gasteiger partial charge in [0.05, 0.1) is 24.1 Å². The Balaban J connectivity index is 1.72. The number of hydrogen-bond donors (Lipinski definition) is 0. The summed E-state index contributed by atoms with van der Waals surface area (Å²) in [5.74, 6) is 0.598. The Labute approximate surface area is 183 Å². The van der Waals surface area contributed by atoms with Crippen molar-refractivity contribution in [3.63, 3.8) is 0 Å². The molecular weight excluding hydrogens is 412 g/mol. The van der Waals surface area contributed by atoms with Gasteiger partial charge in [0.2, 0.25) is 5.91 Å². The number of aryl methyl sites for hydroxylation is 1. The molecule has 162 valence electrons. The fraction of sp³-hybridized carbons (Fsp3) is 0.208. The molecule has 0 fully saturated rings. The van der Waals surface area contributed by atoms with Crippen LogP contribution in [0.4, 0.5) is 11.4 Å². The van der Waals surface area contributed by atoms with E-state index in [9.17, 15) is 13.2 Å². The number of likely N-dealkylation sites (N-methyl/N-ethyl adjacent to an activating group) is 1. The van der Waals surface area contributed by atoms with Crippen molar-refractivity contribution >= 4 is 27.3 Å². The monoisotopic (exact) mass is 438 g/mol. The highest BCUT2D eigenvalue weighted by Crippen LogP contribution is 2.24. The average molecular weight is 439 g/mol. The van der Waals surface area contributed by atoms with Crippen LogP contribution in [0.1, 0.15) is 11.1 Å². The third-order valence-electron chi connectivity index (χ3n) is 5.15. The molecule has 7 heteroatoms. The minimum Gasteiger partial charge on any atom is -0.497 e. The normalized spacial score (nSPS) is 11.1. The summed E-state index contributed by atoms with van der Waals surface area (Å²) < 4.78 is 32.2. The Bertz CT molecular complexity index is 1160. The number of carbonyl (C=O) groups is 1. The fourth-order valence-corrected chi connectivity index (χ4v) is 4.28. The molecule has 0 heterocycles. The summed E-state index contributed by atoms with van der Waals surface area (Å²) in [5, 5.41) is 0. The van der Waals surface area contributed by atoms with Gasteiger partial charge in [-0.3, -0.25) is 9.10 Å². The highest BCUT2D eigenvalue weighted by atomic mass is 32.2.